The van der Waals surface area contributed by atoms with Crippen molar-refractivity contribution >= 4 is 0 Å². The van der Waals surface area contributed by atoms with Gasteiger partial charge in [-0.05, 0) is 88.9 Å². The molecule has 0 aliphatic heterocycles. The van der Waals surface area contributed by atoms with Crippen LogP contribution >= 0.6 is 0 Å². The zero-order valence-corrected chi connectivity index (χ0v) is 20.3. The summed E-state index contributed by atoms with van der Waals surface area (Å²) in [7, 11) is 0. The summed E-state index contributed by atoms with van der Waals surface area (Å²) >= 11 is 0. The summed E-state index contributed by atoms with van der Waals surface area (Å²) in [6.07, 6.45) is 27.5. The van der Waals surface area contributed by atoms with Gasteiger partial charge in [0, 0.05) is 0 Å². The predicted octanol–water partition coefficient (Wildman–Crippen LogP) is 8.77. The van der Waals surface area contributed by atoms with E-state index in [1.807, 2.05) is 0 Å². The van der Waals surface area contributed by atoms with Crippen LogP contribution in [0.15, 0.2) is 0 Å². The molecule has 4 aliphatic rings. The molecule has 0 N–H and O–H groups in total. The fourth-order valence-electron chi connectivity index (χ4n) is 7.82. The Hall–Kier alpha value is -0.0800. The molecule has 0 heterocycles. The van der Waals surface area contributed by atoms with Gasteiger partial charge in [0.15, 0.2) is 0 Å². The SMILES string of the molecule is CC(OOC(C)(C1CCCCC1)C1CCCCC1)(C1CCCCC1)C1CCCCC1. The van der Waals surface area contributed by atoms with Gasteiger partial charge in [0.05, 0.1) is 0 Å². The molecule has 30 heavy (non-hydrogen) atoms. The highest BCUT2D eigenvalue weighted by atomic mass is 17.2. The van der Waals surface area contributed by atoms with Crippen molar-refractivity contribution in [3.05, 3.63) is 0 Å². The lowest BCUT2D eigenvalue weighted by Crippen LogP contribution is -2.52. The Morgan fingerprint density at radius 3 is 0.767 bits per heavy atom. The van der Waals surface area contributed by atoms with E-state index >= 15 is 0 Å². The first kappa shape index (κ1) is 23.1. The lowest BCUT2D eigenvalue weighted by molar-refractivity contribution is -0.446. The Morgan fingerprint density at radius 1 is 0.367 bits per heavy atom. The van der Waals surface area contributed by atoms with Crippen LogP contribution in [-0.4, -0.2) is 11.2 Å². The summed E-state index contributed by atoms with van der Waals surface area (Å²) in [6.45, 7) is 4.92. The van der Waals surface area contributed by atoms with Crippen LogP contribution in [0.2, 0.25) is 0 Å². The zero-order valence-electron chi connectivity index (χ0n) is 20.3. The molecular formula is C28H50O2. The Morgan fingerprint density at radius 2 is 0.567 bits per heavy atom. The van der Waals surface area contributed by atoms with E-state index in [-0.39, 0.29) is 11.2 Å². The quantitative estimate of drug-likeness (QED) is 0.304. The van der Waals surface area contributed by atoms with Crippen molar-refractivity contribution in [2.24, 2.45) is 23.7 Å². The van der Waals surface area contributed by atoms with Gasteiger partial charge in [-0.1, -0.05) is 77.0 Å². The van der Waals surface area contributed by atoms with Crippen LogP contribution in [0.1, 0.15) is 142 Å². The molecule has 0 radical (unpaired) electrons. The largest absolute Gasteiger partial charge is 0.229 e. The van der Waals surface area contributed by atoms with E-state index in [1.165, 1.54) is 128 Å². The van der Waals surface area contributed by atoms with Gasteiger partial charge < -0.3 is 0 Å². The smallest absolute Gasteiger partial charge is 0.106 e. The molecule has 4 aliphatic carbocycles. The third-order valence-corrected chi connectivity index (χ3v) is 10.1. The topological polar surface area (TPSA) is 18.5 Å². The van der Waals surface area contributed by atoms with Gasteiger partial charge in [-0.15, -0.1) is 0 Å². The predicted molar refractivity (Wildman–Crippen MR) is 125 cm³/mol. The minimum absolute atomic E-state index is 0.0779. The first-order valence-electron chi connectivity index (χ1n) is 14.0. The van der Waals surface area contributed by atoms with E-state index in [0.717, 1.165) is 0 Å². The normalized spacial score (nSPS) is 27.4. The molecule has 174 valence electrons. The van der Waals surface area contributed by atoms with Gasteiger partial charge in [-0.2, -0.15) is 0 Å². The third-order valence-electron chi connectivity index (χ3n) is 10.1. The van der Waals surface area contributed by atoms with Crippen molar-refractivity contribution in [3.63, 3.8) is 0 Å². The molecule has 4 fully saturated rings. The molecule has 4 saturated carbocycles. The van der Waals surface area contributed by atoms with Crippen molar-refractivity contribution < 1.29 is 9.78 Å². The van der Waals surface area contributed by atoms with Crippen LogP contribution in [0.5, 0.6) is 0 Å². The van der Waals surface area contributed by atoms with E-state index in [4.69, 9.17) is 9.78 Å². The molecule has 0 spiro atoms. The molecule has 0 aromatic rings. The maximum atomic E-state index is 6.88. The van der Waals surface area contributed by atoms with Gasteiger partial charge >= 0.3 is 0 Å². The molecule has 4 rings (SSSR count). The van der Waals surface area contributed by atoms with Crippen molar-refractivity contribution in [1.29, 1.82) is 0 Å². The minimum atomic E-state index is -0.0779. The first-order valence-corrected chi connectivity index (χ1v) is 14.0. The Bertz CT molecular complexity index is 409. The lowest BCUT2D eigenvalue weighted by Gasteiger charge is -2.50. The van der Waals surface area contributed by atoms with Crippen LogP contribution in [-0.2, 0) is 9.78 Å². The summed E-state index contributed by atoms with van der Waals surface area (Å²) < 4.78 is 0. The highest BCUT2D eigenvalue weighted by Gasteiger charge is 2.49. The molecule has 0 aromatic carbocycles. The fourth-order valence-corrected chi connectivity index (χ4v) is 7.82. The Balaban J connectivity index is 1.53. The molecule has 0 bridgehead atoms. The fraction of sp³-hybridized carbons (Fsp3) is 1.00. The molecule has 0 aromatic heterocycles. The Kier molecular flexibility index (Phi) is 8.23. The van der Waals surface area contributed by atoms with Crippen LogP contribution in [0.3, 0.4) is 0 Å². The second kappa shape index (κ2) is 10.7. The van der Waals surface area contributed by atoms with Gasteiger partial charge in [-0.3, -0.25) is 0 Å². The molecule has 0 atom stereocenters. The van der Waals surface area contributed by atoms with Crippen LogP contribution in [0.4, 0.5) is 0 Å². The van der Waals surface area contributed by atoms with Crippen molar-refractivity contribution in [2.45, 2.75) is 153 Å². The molecule has 2 heteroatoms. The third kappa shape index (κ3) is 5.11. The van der Waals surface area contributed by atoms with Crippen molar-refractivity contribution in [1.82, 2.24) is 0 Å². The Labute approximate surface area is 187 Å². The summed E-state index contributed by atoms with van der Waals surface area (Å²) in [4.78, 5) is 13.8. The van der Waals surface area contributed by atoms with E-state index in [0.29, 0.717) is 23.7 Å². The monoisotopic (exact) mass is 418 g/mol. The number of rotatable bonds is 7. The second-order valence-corrected chi connectivity index (χ2v) is 11.9. The van der Waals surface area contributed by atoms with E-state index in [1.54, 1.807) is 0 Å². The summed E-state index contributed by atoms with van der Waals surface area (Å²) in [6, 6.07) is 0. The van der Waals surface area contributed by atoms with Crippen molar-refractivity contribution in [3.8, 4) is 0 Å². The standard InChI is InChI=1S/C28H50O2/c1-27(23-15-7-3-8-16-23,24-17-9-4-10-18-24)29-30-28(2,25-19-11-5-12-20-25)26-21-13-6-14-22-26/h23-26H,3-22H2,1-2H3. The first-order chi connectivity index (χ1) is 14.6. The molecule has 0 saturated heterocycles. The van der Waals surface area contributed by atoms with Crippen LogP contribution in [0.25, 0.3) is 0 Å². The van der Waals surface area contributed by atoms with Gasteiger partial charge in [0.2, 0.25) is 0 Å². The highest BCUT2D eigenvalue weighted by Crippen LogP contribution is 2.49. The van der Waals surface area contributed by atoms with E-state index < -0.39 is 0 Å². The van der Waals surface area contributed by atoms with Gasteiger partial charge in [0.1, 0.15) is 11.2 Å². The highest BCUT2D eigenvalue weighted by molar-refractivity contribution is 4.95. The zero-order chi connectivity index (χ0) is 20.9. The van der Waals surface area contributed by atoms with E-state index in [2.05, 4.69) is 13.8 Å². The summed E-state index contributed by atoms with van der Waals surface area (Å²) in [5.41, 5.74) is -0.156. The summed E-state index contributed by atoms with van der Waals surface area (Å²) in [5, 5.41) is 0. The maximum Gasteiger partial charge on any atom is 0.106 e. The van der Waals surface area contributed by atoms with Crippen LogP contribution in [0, 0.1) is 23.7 Å². The van der Waals surface area contributed by atoms with Crippen molar-refractivity contribution in [2.75, 3.05) is 0 Å². The number of hydrogen-bond donors (Lipinski definition) is 0. The minimum Gasteiger partial charge on any atom is -0.229 e. The van der Waals surface area contributed by atoms with E-state index in [9.17, 15) is 0 Å². The molecule has 0 amide bonds. The second-order valence-electron chi connectivity index (χ2n) is 11.9. The average Bonchev–Trinajstić information content (AvgIpc) is 2.84. The maximum absolute atomic E-state index is 6.88. The van der Waals surface area contributed by atoms with Crippen LogP contribution < -0.4 is 0 Å². The number of hydrogen-bond acceptors (Lipinski definition) is 2. The van der Waals surface area contributed by atoms with Gasteiger partial charge in [-0.25, -0.2) is 9.78 Å². The lowest BCUT2D eigenvalue weighted by atomic mass is 9.67. The molecular weight excluding hydrogens is 368 g/mol. The molecule has 2 nitrogen and oxygen atoms in total. The molecule has 0 unspecified atom stereocenters. The average molecular weight is 419 g/mol. The summed E-state index contributed by atoms with van der Waals surface area (Å²) in [5.74, 6) is 2.76. The van der Waals surface area contributed by atoms with Gasteiger partial charge in [0.25, 0.3) is 0 Å².